The van der Waals surface area contributed by atoms with Gasteiger partial charge < -0.3 is 14.9 Å². The van der Waals surface area contributed by atoms with Gasteiger partial charge in [0.2, 0.25) is 5.76 Å². The fraction of sp³-hybridized carbons (Fsp3) is 0.158. The molecule has 5 nitrogen and oxygen atoms in total. The van der Waals surface area contributed by atoms with Gasteiger partial charge in [0, 0.05) is 5.39 Å². The molecule has 3 aromatic rings. The highest BCUT2D eigenvalue weighted by Gasteiger charge is 2.23. The largest absolute Gasteiger partial charge is 0.460 e. The summed E-state index contributed by atoms with van der Waals surface area (Å²) in [5.74, 6) is -0.839. The highest BCUT2D eigenvalue weighted by Crippen LogP contribution is 2.28. The van der Waals surface area contributed by atoms with E-state index < -0.39 is 5.97 Å². The van der Waals surface area contributed by atoms with Crippen LogP contribution >= 0.6 is 0 Å². The highest BCUT2D eigenvalue weighted by atomic mass is 16.5. The number of carbonyl (C=O) groups excluding carboxylic acids is 1. The topological polar surface area (TPSA) is 89.3 Å². The van der Waals surface area contributed by atoms with Crippen LogP contribution in [0, 0.1) is 5.41 Å². The van der Waals surface area contributed by atoms with E-state index in [1.807, 2.05) is 30.3 Å². The van der Waals surface area contributed by atoms with E-state index in [0.717, 1.165) is 12.0 Å². The molecule has 3 N–H and O–H groups in total. The molecular formula is C19H18N2O3. The van der Waals surface area contributed by atoms with E-state index in [0.29, 0.717) is 16.5 Å². The minimum Gasteiger partial charge on any atom is -0.460 e. The molecule has 1 aromatic heterocycles. The van der Waals surface area contributed by atoms with E-state index in [2.05, 4.69) is 12.1 Å². The number of nitrogen functional groups attached to an aromatic ring is 1. The molecule has 0 amide bonds. The minimum absolute atomic E-state index is 0.0174. The van der Waals surface area contributed by atoms with Crippen LogP contribution in [0.25, 0.3) is 11.0 Å². The normalized spacial score (nSPS) is 10.7. The first kappa shape index (κ1) is 15.8. The fourth-order valence-electron chi connectivity index (χ4n) is 2.69. The summed E-state index contributed by atoms with van der Waals surface area (Å²) >= 11 is 0. The van der Waals surface area contributed by atoms with Gasteiger partial charge in [-0.3, -0.25) is 5.41 Å². The molecule has 24 heavy (non-hydrogen) atoms. The molecule has 0 radical (unpaired) electrons. The highest BCUT2D eigenvalue weighted by molar-refractivity contribution is 6.13. The Morgan fingerprint density at radius 2 is 1.92 bits per heavy atom. The lowest BCUT2D eigenvalue weighted by Gasteiger charge is -2.03. The molecule has 2 aromatic carbocycles. The summed E-state index contributed by atoms with van der Waals surface area (Å²) in [6.07, 6.45) is 0.744. The smallest absolute Gasteiger partial charge is 0.375 e. The van der Waals surface area contributed by atoms with Crippen molar-refractivity contribution in [2.75, 3.05) is 6.61 Å². The molecule has 122 valence electrons. The number of hydrogen-bond donors (Lipinski definition) is 2. The number of ether oxygens (including phenoxy) is 1. The predicted octanol–water partition coefficient (Wildman–Crippen LogP) is 3.48. The van der Waals surface area contributed by atoms with Crippen LogP contribution in [0.4, 0.5) is 0 Å². The number of hydrogen-bond acceptors (Lipinski definition) is 4. The van der Waals surface area contributed by atoms with Crippen molar-refractivity contribution in [1.29, 1.82) is 5.41 Å². The maximum atomic E-state index is 12.0. The second-order valence-corrected chi connectivity index (χ2v) is 5.43. The first-order valence-electron chi connectivity index (χ1n) is 7.71. The SMILES string of the molecule is CCOC(=O)c1oc2ccc(Cc3ccccc3)cc2c1C(=N)N. The number of carbonyl (C=O) groups is 1. The summed E-state index contributed by atoms with van der Waals surface area (Å²) < 4.78 is 10.6. The molecule has 0 atom stereocenters. The Morgan fingerprint density at radius 3 is 2.58 bits per heavy atom. The van der Waals surface area contributed by atoms with Gasteiger partial charge in [0.25, 0.3) is 0 Å². The average Bonchev–Trinajstić information content (AvgIpc) is 2.95. The number of fused-ring (bicyclic) bond motifs is 1. The van der Waals surface area contributed by atoms with E-state index in [-0.39, 0.29) is 18.2 Å². The first-order valence-corrected chi connectivity index (χ1v) is 7.71. The molecule has 0 unspecified atom stereocenters. The molecule has 0 aliphatic carbocycles. The number of benzene rings is 2. The Kier molecular flexibility index (Phi) is 4.33. The Labute approximate surface area is 139 Å². The van der Waals surface area contributed by atoms with Crippen molar-refractivity contribution in [3.8, 4) is 0 Å². The first-order chi connectivity index (χ1) is 11.6. The van der Waals surface area contributed by atoms with Gasteiger partial charge in [-0.15, -0.1) is 0 Å². The van der Waals surface area contributed by atoms with Crippen LogP contribution in [0.1, 0.15) is 34.2 Å². The average molecular weight is 322 g/mol. The summed E-state index contributed by atoms with van der Waals surface area (Å²) in [6, 6.07) is 15.7. The van der Waals surface area contributed by atoms with E-state index >= 15 is 0 Å². The fourth-order valence-corrected chi connectivity index (χ4v) is 2.69. The molecule has 0 aliphatic heterocycles. The maximum absolute atomic E-state index is 12.0. The van der Waals surface area contributed by atoms with Crippen molar-refractivity contribution in [3.63, 3.8) is 0 Å². The van der Waals surface area contributed by atoms with E-state index in [4.69, 9.17) is 20.3 Å². The summed E-state index contributed by atoms with van der Waals surface area (Å²) in [7, 11) is 0. The minimum atomic E-state index is -0.608. The molecular weight excluding hydrogens is 304 g/mol. The van der Waals surface area contributed by atoms with Gasteiger partial charge in [-0.2, -0.15) is 0 Å². The third-order valence-electron chi connectivity index (χ3n) is 3.73. The van der Waals surface area contributed by atoms with Crippen LogP contribution in [0.5, 0.6) is 0 Å². The molecule has 0 fully saturated rings. The number of amidine groups is 1. The van der Waals surface area contributed by atoms with Crippen molar-refractivity contribution in [3.05, 3.63) is 71.0 Å². The molecule has 0 bridgehead atoms. The van der Waals surface area contributed by atoms with Crippen LogP contribution in [0.2, 0.25) is 0 Å². The van der Waals surface area contributed by atoms with Crippen molar-refractivity contribution in [2.24, 2.45) is 5.73 Å². The van der Waals surface area contributed by atoms with Gasteiger partial charge in [-0.05, 0) is 36.6 Å². The van der Waals surface area contributed by atoms with Gasteiger partial charge in [-0.25, -0.2) is 4.79 Å². The molecule has 0 saturated heterocycles. The number of esters is 1. The summed E-state index contributed by atoms with van der Waals surface area (Å²) in [4.78, 5) is 12.0. The molecule has 0 saturated carbocycles. The van der Waals surface area contributed by atoms with Gasteiger partial charge in [0.1, 0.15) is 11.4 Å². The van der Waals surface area contributed by atoms with Crippen molar-refractivity contribution in [1.82, 2.24) is 0 Å². The van der Waals surface area contributed by atoms with Crippen molar-refractivity contribution in [2.45, 2.75) is 13.3 Å². The molecule has 3 rings (SSSR count). The second kappa shape index (κ2) is 6.58. The zero-order valence-electron chi connectivity index (χ0n) is 13.3. The third-order valence-corrected chi connectivity index (χ3v) is 3.73. The van der Waals surface area contributed by atoms with Crippen LogP contribution in [0.3, 0.4) is 0 Å². The predicted molar refractivity (Wildman–Crippen MR) is 92.4 cm³/mol. The van der Waals surface area contributed by atoms with Crippen molar-refractivity contribution >= 4 is 22.8 Å². The van der Waals surface area contributed by atoms with Gasteiger partial charge in [-0.1, -0.05) is 36.4 Å². The zero-order chi connectivity index (χ0) is 17.1. The Bertz CT molecular complexity index is 898. The number of furan rings is 1. The summed E-state index contributed by atoms with van der Waals surface area (Å²) in [5.41, 5.74) is 8.71. The Hall–Kier alpha value is -3.08. The van der Waals surface area contributed by atoms with E-state index in [1.54, 1.807) is 13.0 Å². The third kappa shape index (κ3) is 3.01. The van der Waals surface area contributed by atoms with Crippen LogP contribution in [0.15, 0.2) is 52.9 Å². The van der Waals surface area contributed by atoms with E-state index in [9.17, 15) is 4.79 Å². The van der Waals surface area contributed by atoms with Gasteiger partial charge >= 0.3 is 5.97 Å². The molecule has 0 spiro atoms. The summed E-state index contributed by atoms with van der Waals surface area (Å²) in [6.45, 7) is 1.94. The Morgan fingerprint density at radius 1 is 1.17 bits per heavy atom. The van der Waals surface area contributed by atoms with Gasteiger partial charge in [0.05, 0.1) is 12.2 Å². The standard InChI is InChI=1S/C19H18N2O3/c1-2-23-19(22)17-16(18(20)21)14-11-13(8-9-15(14)24-17)10-12-6-4-3-5-7-12/h3-9,11H,2,10H2,1H3,(H3,20,21). The monoisotopic (exact) mass is 322 g/mol. The number of nitrogens with one attached hydrogen (secondary N) is 1. The molecule has 0 aliphatic rings. The van der Waals surface area contributed by atoms with Crippen molar-refractivity contribution < 1.29 is 13.9 Å². The second-order valence-electron chi connectivity index (χ2n) is 5.43. The number of rotatable bonds is 5. The lowest BCUT2D eigenvalue weighted by atomic mass is 10.0. The maximum Gasteiger partial charge on any atom is 0.375 e. The van der Waals surface area contributed by atoms with E-state index in [1.165, 1.54) is 5.56 Å². The zero-order valence-corrected chi connectivity index (χ0v) is 13.3. The molecule has 5 heteroatoms. The van der Waals surface area contributed by atoms with Gasteiger partial charge in [0.15, 0.2) is 0 Å². The Balaban J connectivity index is 2.06. The summed E-state index contributed by atoms with van der Waals surface area (Å²) in [5, 5.41) is 8.45. The van der Waals surface area contributed by atoms with Crippen LogP contribution < -0.4 is 5.73 Å². The molecule has 1 heterocycles. The number of nitrogens with two attached hydrogens (primary N) is 1. The lowest BCUT2D eigenvalue weighted by Crippen LogP contribution is -2.16. The quantitative estimate of drug-likeness (QED) is 0.427. The van der Waals surface area contributed by atoms with Crippen LogP contribution in [-0.4, -0.2) is 18.4 Å². The van der Waals surface area contributed by atoms with Crippen LogP contribution in [-0.2, 0) is 11.2 Å². The lowest BCUT2D eigenvalue weighted by molar-refractivity contribution is 0.0492.